The van der Waals surface area contributed by atoms with E-state index in [1.165, 1.54) is 19.3 Å². The smallest absolute Gasteiger partial charge is 0.191 e. The fourth-order valence-electron chi connectivity index (χ4n) is 2.42. The van der Waals surface area contributed by atoms with Gasteiger partial charge in [0, 0.05) is 30.9 Å². The van der Waals surface area contributed by atoms with Crippen molar-refractivity contribution in [2.75, 3.05) is 13.1 Å². The van der Waals surface area contributed by atoms with Crippen LogP contribution in [-0.4, -0.2) is 30.1 Å². The fourth-order valence-corrected chi connectivity index (χ4v) is 3.06. The molecule has 1 aliphatic carbocycles. The highest BCUT2D eigenvalue weighted by Gasteiger charge is 2.36. The Labute approximate surface area is 149 Å². The first-order valence-electron chi connectivity index (χ1n) is 7.68. The molecule has 0 aliphatic heterocycles. The second kappa shape index (κ2) is 9.61. The summed E-state index contributed by atoms with van der Waals surface area (Å²) in [5.41, 5.74) is 1.15. The Morgan fingerprint density at radius 1 is 1.48 bits per heavy atom. The standard InChI is InChI=1S/C15H26N4S.HI/c1-4-6-12-9-14(12)19-15(16-5-2)17-8-7-13-10-20-11(3)18-13;/h10,12,14H,4-9H2,1-3H3,(H2,16,17,19);1H. The van der Waals surface area contributed by atoms with Crippen molar-refractivity contribution in [3.63, 3.8) is 0 Å². The number of aliphatic imine (C=N–C) groups is 1. The van der Waals surface area contributed by atoms with Crippen LogP contribution in [0.5, 0.6) is 0 Å². The van der Waals surface area contributed by atoms with Gasteiger partial charge in [-0.2, -0.15) is 0 Å². The summed E-state index contributed by atoms with van der Waals surface area (Å²) in [5.74, 6) is 1.81. The van der Waals surface area contributed by atoms with Gasteiger partial charge in [0.2, 0.25) is 0 Å². The third-order valence-corrected chi connectivity index (χ3v) is 4.38. The van der Waals surface area contributed by atoms with Gasteiger partial charge in [-0.05, 0) is 32.6 Å². The quantitative estimate of drug-likeness (QED) is 0.403. The molecule has 2 atom stereocenters. The summed E-state index contributed by atoms with van der Waals surface area (Å²) >= 11 is 1.71. The number of thiazole rings is 1. The van der Waals surface area contributed by atoms with E-state index in [9.17, 15) is 0 Å². The van der Waals surface area contributed by atoms with Crippen molar-refractivity contribution in [2.45, 2.75) is 52.5 Å². The van der Waals surface area contributed by atoms with Crippen LogP contribution in [0.15, 0.2) is 10.4 Å². The molecule has 1 aromatic heterocycles. The van der Waals surface area contributed by atoms with Gasteiger partial charge >= 0.3 is 0 Å². The summed E-state index contributed by atoms with van der Waals surface area (Å²) in [6.45, 7) is 8.11. The van der Waals surface area contributed by atoms with E-state index in [1.54, 1.807) is 11.3 Å². The van der Waals surface area contributed by atoms with Gasteiger partial charge in [0.05, 0.1) is 10.7 Å². The first kappa shape index (κ1) is 18.7. The molecule has 120 valence electrons. The van der Waals surface area contributed by atoms with Gasteiger partial charge in [-0.15, -0.1) is 35.3 Å². The zero-order chi connectivity index (χ0) is 14.4. The molecule has 2 N–H and O–H groups in total. The molecule has 1 aliphatic rings. The number of rotatable bonds is 7. The van der Waals surface area contributed by atoms with Crippen molar-refractivity contribution >= 4 is 41.3 Å². The molecule has 0 bridgehead atoms. The Balaban J connectivity index is 0.00000220. The van der Waals surface area contributed by atoms with E-state index in [-0.39, 0.29) is 24.0 Å². The minimum Gasteiger partial charge on any atom is -0.357 e. The van der Waals surface area contributed by atoms with Crippen LogP contribution >= 0.6 is 35.3 Å². The number of aromatic nitrogens is 1. The van der Waals surface area contributed by atoms with Crippen molar-refractivity contribution < 1.29 is 0 Å². The highest BCUT2D eigenvalue weighted by atomic mass is 127. The number of aryl methyl sites for hydroxylation is 1. The van der Waals surface area contributed by atoms with Gasteiger partial charge < -0.3 is 10.6 Å². The molecule has 1 fully saturated rings. The molecule has 6 heteroatoms. The maximum atomic E-state index is 4.65. The van der Waals surface area contributed by atoms with Crippen molar-refractivity contribution in [1.29, 1.82) is 0 Å². The predicted molar refractivity (Wildman–Crippen MR) is 102 cm³/mol. The fraction of sp³-hybridized carbons (Fsp3) is 0.733. The van der Waals surface area contributed by atoms with Crippen molar-refractivity contribution in [1.82, 2.24) is 15.6 Å². The minimum atomic E-state index is 0. The van der Waals surface area contributed by atoms with E-state index in [2.05, 4.69) is 39.8 Å². The van der Waals surface area contributed by atoms with Gasteiger partial charge in [-0.25, -0.2) is 4.98 Å². The van der Waals surface area contributed by atoms with Gasteiger partial charge in [0.1, 0.15) is 0 Å². The van der Waals surface area contributed by atoms with Crippen LogP contribution in [0.4, 0.5) is 0 Å². The average Bonchev–Trinajstić information content (AvgIpc) is 3.00. The van der Waals surface area contributed by atoms with Crippen LogP contribution in [0.3, 0.4) is 0 Å². The van der Waals surface area contributed by atoms with Gasteiger partial charge in [-0.3, -0.25) is 4.99 Å². The largest absolute Gasteiger partial charge is 0.357 e. The number of guanidine groups is 1. The van der Waals surface area contributed by atoms with Gasteiger partial charge in [0.25, 0.3) is 0 Å². The van der Waals surface area contributed by atoms with Gasteiger partial charge in [0.15, 0.2) is 5.96 Å². The number of halogens is 1. The maximum Gasteiger partial charge on any atom is 0.191 e. The Morgan fingerprint density at radius 2 is 2.29 bits per heavy atom. The molecule has 2 rings (SSSR count). The molecule has 0 radical (unpaired) electrons. The lowest BCUT2D eigenvalue weighted by molar-refractivity contribution is 0.655. The van der Waals surface area contributed by atoms with Crippen molar-refractivity contribution in [3.8, 4) is 0 Å². The summed E-state index contributed by atoms with van der Waals surface area (Å²) in [7, 11) is 0. The molecule has 1 aromatic rings. The third kappa shape index (κ3) is 6.50. The van der Waals surface area contributed by atoms with Gasteiger partial charge in [-0.1, -0.05) is 13.3 Å². The number of nitrogens with zero attached hydrogens (tertiary/aromatic N) is 2. The van der Waals surface area contributed by atoms with Crippen LogP contribution in [0.1, 0.15) is 43.8 Å². The van der Waals surface area contributed by atoms with Crippen molar-refractivity contribution in [3.05, 3.63) is 16.1 Å². The zero-order valence-corrected chi connectivity index (χ0v) is 16.3. The normalized spacial score (nSPS) is 20.8. The lowest BCUT2D eigenvalue weighted by atomic mass is 10.2. The molecule has 4 nitrogen and oxygen atoms in total. The molecule has 1 saturated carbocycles. The molecule has 0 saturated heterocycles. The topological polar surface area (TPSA) is 49.3 Å². The highest BCUT2D eigenvalue weighted by molar-refractivity contribution is 14.0. The van der Waals surface area contributed by atoms with E-state index >= 15 is 0 Å². The Bertz CT molecular complexity index is 447. The maximum absolute atomic E-state index is 4.65. The summed E-state index contributed by atoms with van der Waals surface area (Å²) < 4.78 is 0. The second-order valence-electron chi connectivity index (χ2n) is 5.40. The first-order valence-corrected chi connectivity index (χ1v) is 8.56. The van der Waals surface area contributed by atoms with Crippen LogP contribution in [0, 0.1) is 12.8 Å². The molecule has 1 heterocycles. The number of hydrogen-bond acceptors (Lipinski definition) is 3. The van der Waals surface area contributed by atoms with E-state index in [0.717, 1.165) is 42.1 Å². The highest BCUT2D eigenvalue weighted by Crippen LogP contribution is 2.34. The molecule has 0 aromatic carbocycles. The Morgan fingerprint density at radius 3 is 2.90 bits per heavy atom. The van der Waals surface area contributed by atoms with Crippen LogP contribution in [-0.2, 0) is 6.42 Å². The minimum absolute atomic E-state index is 0. The summed E-state index contributed by atoms with van der Waals surface area (Å²) in [4.78, 5) is 9.12. The van der Waals surface area contributed by atoms with E-state index < -0.39 is 0 Å². The molecule has 21 heavy (non-hydrogen) atoms. The summed E-state index contributed by atoms with van der Waals surface area (Å²) in [6.07, 6.45) is 4.82. The number of hydrogen-bond donors (Lipinski definition) is 2. The molecular formula is C15H27IN4S. The summed E-state index contributed by atoms with van der Waals surface area (Å²) in [5, 5.41) is 10.1. The van der Waals surface area contributed by atoms with E-state index in [0.29, 0.717) is 6.04 Å². The van der Waals surface area contributed by atoms with Crippen molar-refractivity contribution in [2.24, 2.45) is 10.9 Å². The number of nitrogens with one attached hydrogen (secondary N) is 2. The lowest BCUT2D eigenvalue weighted by Crippen LogP contribution is -2.39. The second-order valence-corrected chi connectivity index (χ2v) is 6.47. The predicted octanol–water partition coefficient (Wildman–Crippen LogP) is 3.36. The third-order valence-electron chi connectivity index (χ3n) is 3.55. The van der Waals surface area contributed by atoms with Crippen LogP contribution < -0.4 is 10.6 Å². The van der Waals surface area contributed by atoms with E-state index in [1.807, 2.05) is 6.92 Å². The average molecular weight is 422 g/mol. The summed E-state index contributed by atoms with van der Waals surface area (Å²) in [6, 6.07) is 0.634. The lowest BCUT2D eigenvalue weighted by Gasteiger charge is -2.10. The Kier molecular flexibility index (Phi) is 8.55. The molecule has 0 amide bonds. The van der Waals surface area contributed by atoms with Crippen LogP contribution in [0.2, 0.25) is 0 Å². The SMILES string of the molecule is CCCC1CC1NC(=NCCc1csc(C)n1)NCC.I. The Hall–Kier alpha value is -0.370. The zero-order valence-electron chi connectivity index (χ0n) is 13.2. The molecular weight excluding hydrogens is 395 g/mol. The van der Waals surface area contributed by atoms with E-state index in [4.69, 9.17) is 0 Å². The first-order chi connectivity index (χ1) is 9.72. The molecule has 0 spiro atoms. The van der Waals surface area contributed by atoms with Crippen LogP contribution in [0.25, 0.3) is 0 Å². The molecule has 2 unspecified atom stereocenters. The monoisotopic (exact) mass is 422 g/mol.